The molecule has 5 atom stereocenters. The number of hydrogen-bond donors (Lipinski definition) is 2. The van der Waals surface area contributed by atoms with Gasteiger partial charge in [0.25, 0.3) is 0 Å². The van der Waals surface area contributed by atoms with Crippen molar-refractivity contribution in [2.45, 2.75) is 90.8 Å². The van der Waals surface area contributed by atoms with E-state index in [1.807, 2.05) is 6.92 Å². The van der Waals surface area contributed by atoms with Gasteiger partial charge in [0.05, 0.1) is 24.4 Å². The normalized spacial score (nSPS) is 38.0. The Morgan fingerprint density at radius 1 is 1.19 bits per heavy atom. The Morgan fingerprint density at radius 2 is 1.89 bits per heavy atom. The van der Waals surface area contributed by atoms with Crippen molar-refractivity contribution in [2.24, 2.45) is 22.7 Å². The Kier molecular flexibility index (Phi) is 7.22. The summed E-state index contributed by atoms with van der Waals surface area (Å²) in [7, 11) is 0. The summed E-state index contributed by atoms with van der Waals surface area (Å²) < 4.78 is 11.8. The number of fused-ring (bicyclic) bond motifs is 1. The molecule has 2 saturated carbocycles. The summed E-state index contributed by atoms with van der Waals surface area (Å²) in [6.07, 6.45) is 9.22. The van der Waals surface area contributed by atoms with Gasteiger partial charge in [-0.1, -0.05) is 33.3 Å². The second-order valence-corrected chi connectivity index (χ2v) is 10.3. The molecular formula is C23H42O4. The minimum atomic E-state index is -0.845. The van der Waals surface area contributed by atoms with Gasteiger partial charge in [0.15, 0.2) is 0 Å². The third kappa shape index (κ3) is 4.95. The first-order valence-corrected chi connectivity index (χ1v) is 10.7. The van der Waals surface area contributed by atoms with Crippen LogP contribution in [-0.4, -0.2) is 41.4 Å². The van der Waals surface area contributed by atoms with Gasteiger partial charge >= 0.3 is 0 Å². The van der Waals surface area contributed by atoms with Crippen molar-refractivity contribution < 1.29 is 19.7 Å². The Labute approximate surface area is 166 Å². The Balaban J connectivity index is 2.26. The van der Waals surface area contributed by atoms with E-state index in [1.165, 1.54) is 25.7 Å². The van der Waals surface area contributed by atoms with Crippen molar-refractivity contribution in [2.75, 3.05) is 20.0 Å². The predicted octanol–water partition coefficient (Wildman–Crippen LogP) is 4.69. The van der Waals surface area contributed by atoms with E-state index in [-0.39, 0.29) is 24.4 Å². The molecule has 2 aliphatic carbocycles. The van der Waals surface area contributed by atoms with Crippen LogP contribution in [0.5, 0.6) is 0 Å². The van der Waals surface area contributed by atoms with Crippen molar-refractivity contribution >= 4 is 0 Å². The number of ether oxygens (including phenoxy) is 2. The van der Waals surface area contributed by atoms with Crippen LogP contribution in [-0.2, 0) is 9.47 Å². The fraction of sp³-hybridized carbons (Fsp3) is 0.913. The van der Waals surface area contributed by atoms with E-state index < -0.39 is 5.60 Å². The predicted molar refractivity (Wildman–Crippen MR) is 109 cm³/mol. The standard InChI is InChI=1S/C23H42O4/c1-7-21(4,25)13-9-19-22(5)12-8-11-20(2,3)18(22)10-14-23(19,6)27-17-26-16-15-24/h7,18-19,24-25H,1,8-17H2,2-6H3/t18?,19-,21?,22+,23?/m1/s1. The zero-order valence-corrected chi connectivity index (χ0v) is 18.2. The van der Waals surface area contributed by atoms with Crippen molar-refractivity contribution in [1.82, 2.24) is 0 Å². The molecule has 0 amide bonds. The SMILES string of the molecule is C=CC(C)(O)CC[C@H]1C(C)(OCOCCO)CCC2C(C)(C)CCC[C@@]21C. The van der Waals surface area contributed by atoms with Crippen LogP contribution in [0.1, 0.15) is 79.6 Å². The molecule has 4 nitrogen and oxygen atoms in total. The second kappa shape index (κ2) is 8.52. The van der Waals surface area contributed by atoms with Crippen LogP contribution in [0.2, 0.25) is 0 Å². The summed E-state index contributed by atoms with van der Waals surface area (Å²) in [5.41, 5.74) is -0.572. The van der Waals surface area contributed by atoms with Crippen LogP contribution in [0.4, 0.5) is 0 Å². The first kappa shape index (κ1) is 22.9. The van der Waals surface area contributed by atoms with Gasteiger partial charge in [-0.2, -0.15) is 0 Å². The third-order valence-corrected chi connectivity index (χ3v) is 7.83. The fourth-order valence-corrected chi connectivity index (χ4v) is 6.25. The van der Waals surface area contributed by atoms with Crippen LogP contribution in [0.15, 0.2) is 12.7 Å². The monoisotopic (exact) mass is 382 g/mol. The molecule has 0 aromatic rings. The van der Waals surface area contributed by atoms with E-state index in [9.17, 15) is 5.11 Å². The molecule has 2 rings (SSSR count). The topological polar surface area (TPSA) is 58.9 Å². The second-order valence-electron chi connectivity index (χ2n) is 10.3. The highest BCUT2D eigenvalue weighted by Gasteiger charge is 2.58. The summed E-state index contributed by atoms with van der Waals surface area (Å²) in [6.45, 7) is 15.7. The van der Waals surface area contributed by atoms with Gasteiger partial charge in [-0.15, -0.1) is 6.58 Å². The lowest BCUT2D eigenvalue weighted by Crippen LogP contribution is -2.58. The molecular weight excluding hydrogens is 340 g/mol. The molecule has 0 aromatic heterocycles. The molecule has 0 spiro atoms. The summed E-state index contributed by atoms with van der Waals surface area (Å²) in [5, 5.41) is 19.5. The summed E-state index contributed by atoms with van der Waals surface area (Å²) >= 11 is 0. The zero-order valence-electron chi connectivity index (χ0n) is 18.2. The first-order valence-electron chi connectivity index (χ1n) is 10.7. The highest BCUT2D eigenvalue weighted by Crippen LogP contribution is 2.63. The van der Waals surface area contributed by atoms with E-state index in [2.05, 4.69) is 34.3 Å². The average molecular weight is 383 g/mol. The zero-order chi connectivity index (χ0) is 20.3. The highest BCUT2D eigenvalue weighted by molar-refractivity contribution is 5.08. The summed E-state index contributed by atoms with van der Waals surface area (Å²) in [5.74, 6) is 1.03. The van der Waals surface area contributed by atoms with Gasteiger partial charge in [-0.25, -0.2) is 0 Å². The van der Waals surface area contributed by atoms with E-state index in [0.717, 1.165) is 12.8 Å². The first-order chi connectivity index (χ1) is 12.5. The smallest absolute Gasteiger partial charge is 0.147 e. The van der Waals surface area contributed by atoms with Crippen LogP contribution < -0.4 is 0 Å². The summed E-state index contributed by atoms with van der Waals surface area (Å²) in [6, 6.07) is 0. The van der Waals surface area contributed by atoms with Gasteiger partial charge in [-0.05, 0) is 75.0 Å². The number of hydrogen-bond acceptors (Lipinski definition) is 4. The van der Waals surface area contributed by atoms with Crippen molar-refractivity contribution in [3.63, 3.8) is 0 Å². The molecule has 0 aromatic carbocycles. The lowest BCUT2D eigenvalue weighted by atomic mass is 9.45. The van der Waals surface area contributed by atoms with Gasteiger partial charge < -0.3 is 19.7 Å². The number of aliphatic hydroxyl groups is 2. The molecule has 158 valence electrons. The quantitative estimate of drug-likeness (QED) is 0.345. The third-order valence-electron chi connectivity index (χ3n) is 7.83. The molecule has 0 bridgehead atoms. The van der Waals surface area contributed by atoms with Crippen molar-refractivity contribution in [3.05, 3.63) is 12.7 Å². The van der Waals surface area contributed by atoms with E-state index in [4.69, 9.17) is 14.6 Å². The van der Waals surface area contributed by atoms with Crippen molar-refractivity contribution in [1.29, 1.82) is 0 Å². The minimum Gasteiger partial charge on any atom is -0.394 e. The van der Waals surface area contributed by atoms with E-state index in [0.29, 0.717) is 30.3 Å². The maximum atomic E-state index is 10.5. The Morgan fingerprint density at radius 3 is 2.52 bits per heavy atom. The van der Waals surface area contributed by atoms with Crippen LogP contribution in [0.25, 0.3) is 0 Å². The van der Waals surface area contributed by atoms with Gasteiger partial charge in [-0.3, -0.25) is 0 Å². The van der Waals surface area contributed by atoms with Crippen LogP contribution >= 0.6 is 0 Å². The molecule has 0 heterocycles. The van der Waals surface area contributed by atoms with Crippen LogP contribution in [0, 0.1) is 22.7 Å². The number of rotatable bonds is 9. The maximum absolute atomic E-state index is 10.5. The molecule has 4 heteroatoms. The van der Waals surface area contributed by atoms with Gasteiger partial charge in [0, 0.05) is 0 Å². The molecule has 0 radical (unpaired) electrons. The lowest BCUT2D eigenvalue weighted by Gasteiger charge is -2.62. The highest BCUT2D eigenvalue weighted by atomic mass is 16.7. The average Bonchev–Trinajstić information content (AvgIpc) is 2.57. The number of aliphatic hydroxyl groups excluding tert-OH is 1. The molecule has 3 unspecified atom stereocenters. The molecule has 0 saturated heterocycles. The van der Waals surface area contributed by atoms with E-state index >= 15 is 0 Å². The summed E-state index contributed by atoms with van der Waals surface area (Å²) in [4.78, 5) is 0. The van der Waals surface area contributed by atoms with Crippen LogP contribution in [0.3, 0.4) is 0 Å². The fourth-order valence-electron chi connectivity index (χ4n) is 6.25. The molecule has 2 aliphatic rings. The molecule has 2 fully saturated rings. The minimum absolute atomic E-state index is 0.0136. The molecule has 2 N–H and O–H groups in total. The molecule has 27 heavy (non-hydrogen) atoms. The molecule has 0 aliphatic heterocycles. The van der Waals surface area contributed by atoms with Gasteiger partial charge in [0.1, 0.15) is 6.79 Å². The van der Waals surface area contributed by atoms with E-state index in [1.54, 1.807) is 6.08 Å². The largest absolute Gasteiger partial charge is 0.394 e. The van der Waals surface area contributed by atoms with Gasteiger partial charge in [0.2, 0.25) is 0 Å². The lowest BCUT2D eigenvalue weighted by molar-refractivity contribution is -0.228. The maximum Gasteiger partial charge on any atom is 0.147 e. The Hall–Kier alpha value is -0.420. The van der Waals surface area contributed by atoms with Crippen molar-refractivity contribution in [3.8, 4) is 0 Å². The Bertz CT molecular complexity index is 501.